The zero-order chi connectivity index (χ0) is 15.9. The van der Waals surface area contributed by atoms with Crippen molar-refractivity contribution in [3.8, 4) is 0 Å². The minimum absolute atomic E-state index is 0.576. The first-order valence-electron chi connectivity index (χ1n) is 8.49. The number of benzene rings is 2. The number of rotatable bonds is 3. The van der Waals surface area contributed by atoms with Crippen molar-refractivity contribution in [2.24, 2.45) is 0 Å². The molecule has 1 aliphatic heterocycles. The van der Waals surface area contributed by atoms with Crippen molar-refractivity contribution in [3.05, 3.63) is 65.3 Å². The molecular weight excluding hydrogens is 314 g/mol. The van der Waals surface area contributed by atoms with Gasteiger partial charge in [0.1, 0.15) is 0 Å². The van der Waals surface area contributed by atoms with E-state index in [1.165, 1.54) is 32.6 Å². The van der Waals surface area contributed by atoms with Crippen molar-refractivity contribution in [1.82, 2.24) is 14.9 Å². The second-order valence-electron chi connectivity index (χ2n) is 6.60. The van der Waals surface area contributed by atoms with Crippen molar-refractivity contribution in [1.29, 1.82) is 0 Å². The first kappa shape index (κ1) is 14.2. The molecule has 24 heavy (non-hydrogen) atoms. The molecule has 0 saturated carbocycles. The van der Waals surface area contributed by atoms with Crippen LogP contribution in [0.3, 0.4) is 0 Å². The third-order valence-electron chi connectivity index (χ3n) is 5.00. The quantitative estimate of drug-likeness (QED) is 0.586. The first-order chi connectivity index (χ1) is 11.9. The van der Waals surface area contributed by atoms with Gasteiger partial charge in [-0.2, -0.15) is 0 Å². The smallest absolute Gasteiger partial charge is 0.0982 e. The highest BCUT2D eigenvalue weighted by molar-refractivity contribution is 7.18. The fraction of sp³-hybridized carbons (Fsp3) is 0.250. The van der Waals surface area contributed by atoms with Crippen molar-refractivity contribution in [2.75, 3.05) is 13.1 Å². The van der Waals surface area contributed by atoms with Crippen LogP contribution < -0.4 is 0 Å². The van der Waals surface area contributed by atoms with Crippen molar-refractivity contribution in [2.45, 2.75) is 18.9 Å². The summed E-state index contributed by atoms with van der Waals surface area (Å²) in [6.45, 7) is 3.28. The van der Waals surface area contributed by atoms with E-state index in [9.17, 15) is 0 Å². The van der Waals surface area contributed by atoms with E-state index < -0.39 is 0 Å². The molecule has 0 amide bonds. The Morgan fingerprint density at radius 2 is 2.00 bits per heavy atom. The fourth-order valence-electron chi connectivity index (χ4n) is 3.75. The van der Waals surface area contributed by atoms with Gasteiger partial charge in [0.05, 0.1) is 15.2 Å². The van der Waals surface area contributed by atoms with E-state index in [4.69, 9.17) is 4.98 Å². The second kappa shape index (κ2) is 5.72. The summed E-state index contributed by atoms with van der Waals surface area (Å²) in [6.07, 6.45) is 3.37. The standard InChI is InChI=1S/C20H19N3S/c1-2-6-17-16(5-1)15(11-21-17)13-23-10-9-14(12-23)20-22-18-7-3-4-8-19(18)24-20/h1-8,11,14,21H,9-10,12-13H2/t14-/m0/s1. The summed E-state index contributed by atoms with van der Waals surface area (Å²) in [4.78, 5) is 10.8. The van der Waals surface area contributed by atoms with E-state index >= 15 is 0 Å². The topological polar surface area (TPSA) is 31.9 Å². The summed E-state index contributed by atoms with van der Waals surface area (Å²) in [6, 6.07) is 17.0. The Hall–Kier alpha value is -2.17. The molecule has 2 aromatic carbocycles. The number of aromatic nitrogens is 2. The van der Waals surface area contributed by atoms with Gasteiger partial charge in [0.15, 0.2) is 0 Å². The average Bonchev–Trinajstić information content (AvgIpc) is 3.33. The zero-order valence-corrected chi connectivity index (χ0v) is 14.2. The molecular formula is C20H19N3S. The number of aromatic amines is 1. The van der Waals surface area contributed by atoms with Gasteiger partial charge in [-0.3, -0.25) is 4.90 Å². The van der Waals surface area contributed by atoms with Crippen LogP contribution in [0.15, 0.2) is 54.7 Å². The summed E-state index contributed by atoms with van der Waals surface area (Å²) in [7, 11) is 0. The Morgan fingerprint density at radius 1 is 1.12 bits per heavy atom. The van der Waals surface area contributed by atoms with Gasteiger partial charge in [-0.1, -0.05) is 30.3 Å². The molecule has 0 bridgehead atoms. The highest BCUT2D eigenvalue weighted by atomic mass is 32.1. The predicted octanol–water partition coefficient (Wildman–Crippen LogP) is 4.77. The number of nitrogens with zero attached hydrogens (tertiary/aromatic N) is 2. The molecule has 1 fully saturated rings. The lowest BCUT2D eigenvalue weighted by molar-refractivity contribution is 0.328. The lowest BCUT2D eigenvalue weighted by atomic mass is 10.1. The van der Waals surface area contributed by atoms with Crippen LogP contribution in [0.5, 0.6) is 0 Å². The van der Waals surface area contributed by atoms with Crippen LogP contribution >= 0.6 is 11.3 Å². The van der Waals surface area contributed by atoms with E-state index in [0.29, 0.717) is 5.92 Å². The summed E-state index contributed by atoms with van der Waals surface area (Å²) in [5, 5.41) is 2.65. The molecule has 120 valence electrons. The molecule has 4 aromatic rings. The lowest BCUT2D eigenvalue weighted by Crippen LogP contribution is -2.19. The molecule has 0 aliphatic carbocycles. The largest absolute Gasteiger partial charge is 0.361 e. The molecule has 1 aliphatic rings. The summed E-state index contributed by atoms with van der Waals surface area (Å²) >= 11 is 1.86. The maximum absolute atomic E-state index is 4.86. The van der Waals surface area contributed by atoms with E-state index in [2.05, 4.69) is 64.6 Å². The number of H-pyrrole nitrogens is 1. The first-order valence-corrected chi connectivity index (χ1v) is 9.31. The number of fused-ring (bicyclic) bond motifs is 2. The monoisotopic (exact) mass is 333 g/mol. The third-order valence-corrected chi connectivity index (χ3v) is 6.20. The molecule has 1 N–H and O–H groups in total. The van der Waals surface area contributed by atoms with Crippen LogP contribution in [-0.2, 0) is 6.54 Å². The minimum atomic E-state index is 0.576. The normalized spacial score (nSPS) is 18.8. The van der Waals surface area contributed by atoms with Crippen molar-refractivity contribution in [3.63, 3.8) is 0 Å². The van der Waals surface area contributed by atoms with Gasteiger partial charge in [0, 0.05) is 36.1 Å². The van der Waals surface area contributed by atoms with Crippen LogP contribution in [0.25, 0.3) is 21.1 Å². The summed E-state index contributed by atoms with van der Waals surface area (Å²) in [5.41, 5.74) is 3.78. The van der Waals surface area contributed by atoms with E-state index in [0.717, 1.165) is 25.2 Å². The van der Waals surface area contributed by atoms with Crippen molar-refractivity contribution >= 4 is 32.5 Å². The lowest BCUT2D eigenvalue weighted by Gasteiger charge is -2.14. The van der Waals surface area contributed by atoms with Crippen LogP contribution in [0.1, 0.15) is 22.9 Å². The zero-order valence-electron chi connectivity index (χ0n) is 13.4. The molecule has 3 heterocycles. The highest BCUT2D eigenvalue weighted by Crippen LogP contribution is 2.34. The molecule has 0 radical (unpaired) electrons. The van der Waals surface area contributed by atoms with Crippen LogP contribution in [0.2, 0.25) is 0 Å². The fourth-order valence-corrected chi connectivity index (χ4v) is 4.84. The average molecular weight is 333 g/mol. The number of nitrogens with one attached hydrogen (secondary N) is 1. The Kier molecular flexibility index (Phi) is 3.39. The van der Waals surface area contributed by atoms with Crippen LogP contribution in [0, 0.1) is 0 Å². The van der Waals surface area contributed by atoms with Gasteiger partial charge in [-0.25, -0.2) is 4.98 Å². The SMILES string of the molecule is c1ccc2sc([C@H]3CCN(Cc4c[nH]c5ccccc45)C3)nc2c1. The third kappa shape index (κ3) is 2.43. The van der Waals surface area contributed by atoms with Gasteiger partial charge in [0.25, 0.3) is 0 Å². The molecule has 5 rings (SSSR count). The van der Waals surface area contributed by atoms with Gasteiger partial charge in [-0.15, -0.1) is 11.3 Å². The summed E-state index contributed by atoms with van der Waals surface area (Å²) in [5.74, 6) is 0.576. The maximum Gasteiger partial charge on any atom is 0.0982 e. The second-order valence-corrected chi connectivity index (χ2v) is 7.66. The van der Waals surface area contributed by atoms with E-state index in [1.54, 1.807) is 0 Å². The van der Waals surface area contributed by atoms with Crippen LogP contribution in [-0.4, -0.2) is 28.0 Å². The number of likely N-dealkylation sites (tertiary alicyclic amines) is 1. The summed E-state index contributed by atoms with van der Waals surface area (Å²) < 4.78 is 1.31. The van der Waals surface area contributed by atoms with Crippen molar-refractivity contribution < 1.29 is 0 Å². The number of para-hydroxylation sites is 2. The Labute approximate surface area is 144 Å². The van der Waals surface area contributed by atoms with Gasteiger partial charge in [0.2, 0.25) is 0 Å². The number of thiazole rings is 1. The van der Waals surface area contributed by atoms with Gasteiger partial charge < -0.3 is 4.98 Å². The number of hydrogen-bond acceptors (Lipinski definition) is 3. The van der Waals surface area contributed by atoms with E-state index in [-0.39, 0.29) is 0 Å². The molecule has 0 unspecified atom stereocenters. The minimum Gasteiger partial charge on any atom is -0.361 e. The highest BCUT2D eigenvalue weighted by Gasteiger charge is 2.26. The van der Waals surface area contributed by atoms with Gasteiger partial charge in [-0.05, 0) is 36.7 Å². The van der Waals surface area contributed by atoms with E-state index in [1.807, 2.05) is 11.3 Å². The predicted molar refractivity (Wildman–Crippen MR) is 101 cm³/mol. The molecule has 4 heteroatoms. The molecule has 1 saturated heterocycles. The Morgan fingerprint density at radius 3 is 2.96 bits per heavy atom. The molecule has 1 atom stereocenters. The number of hydrogen-bond donors (Lipinski definition) is 1. The van der Waals surface area contributed by atoms with Crippen LogP contribution in [0.4, 0.5) is 0 Å². The Balaban J connectivity index is 1.35. The Bertz CT molecular complexity index is 967. The molecule has 0 spiro atoms. The molecule has 2 aromatic heterocycles. The maximum atomic E-state index is 4.86. The molecule has 3 nitrogen and oxygen atoms in total. The van der Waals surface area contributed by atoms with Gasteiger partial charge >= 0.3 is 0 Å².